The first-order valence-electron chi connectivity index (χ1n) is 9.98. The number of nitriles is 1. The van der Waals surface area contributed by atoms with Gasteiger partial charge in [0.25, 0.3) is 0 Å². The number of halogens is 1. The number of nitrogens with two attached hydrogens (primary N) is 1. The maximum Gasteiger partial charge on any atom is 0.325 e. The SMILES string of the molecule is CC(C)(C)c1cc(NC(=O)Nc2ccc(-c3cn(CC#N)c4ncnc(N)c34)cc2F)no1. The van der Waals surface area contributed by atoms with Gasteiger partial charge in [0.05, 0.1) is 17.1 Å². The van der Waals surface area contributed by atoms with Crippen LogP contribution in [-0.4, -0.2) is 25.7 Å². The number of rotatable bonds is 4. The van der Waals surface area contributed by atoms with Gasteiger partial charge in [0.1, 0.15) is 35.9 Å². The van der Waals surface area contributed by atoms with E-state index in [0.717, 1.165) is 0 Å². The smallest absolute Gasteiger partial charge is 0.325 e. The van der Waals surface area contributed by atoms with E-state index in [1.165, 1.54) is 18.5 Å². The number of urea groups is 1. The zero-order chi connectivity index (χ0) is 23.8. The fourth-order valence-corrected chi connectivity index (χ4v) is 3.30. The van der Waals surface area contributed by atoms with Gasteiger partial charge in [-0.1, -0.05) is 32.0 Å². The van der Waals surface area contributed by atoms with Crippen LogP contribution in [0.4, 0.5) is 26.5 Å². The van der Waals surface area contributed by atoms with E-state index in [1.807, 2.05) is 20.8 Å². The van der Waals surface area contributed by atoms with E-state index in [1.54, 1.807) is 22.9 Å². The van der Waals surface area contributed by atoms with Crippen LogP contribution in [0.3, 0.4) is 0 Å². The maximum atomic E-state index is 14.9. The van der Waals surface area contributed by atoms with E-state index in [9.17, 15) is 9.18 Å². The predicted molar refractivity (Wildman–Crippen MR) is 121 cm³/mol. The Morgan fingerprint density at radius 3 is 2.73 bits per heavy atom. The maximum absolute atomic E-state index is 14.9. The first-order valence-corrected chi connectivity index (χ1v) is 9.98. The number of benzene rings is 1. The van der Waals surface area contributed by atoms with Gasteiger partial charge in [-0.25, -0.2) is 19.2 Å². The van der Waals surface area contributed by atoms with Crippen LogP contribution in [0.15, 0.2) is 41.3 Å². The third-order valence-corrected chi connectivity index (χ3v) is 4.94. The molecule has 1 aromatic carbocycles. The summed E-state index contributed by atoms with van der Waals surface area (Å²) in [5.41, 5.74) is 7.27. The average molecular weight is 448 g/mol. The molecule has 11 heteroatoms. The van der Waals surface area contributed by atoms with Gasteiger partial charge >= 0.3 is 6.03 Å². The number of anilines is 3. The summed E-state index contributed by atoms with van der Waals surface area (Å²) < 4.78 is 21.7. The summed E-state index contributed by atoms with van der Waals surface area (Å²) in [5.74, 6) is 0.382. The van der Waals surface area contributed by atoms with E-state index >= 15 is 0 Å². The van der Waals surface area contributed by atoms with Gasteiger partial charge in [-0.3, -0.25) is 5.32 Å². The second-order valence-electron chi connectivity index (χ2n) is 8.39. The largest absolute Gasteiger partial charge is 0.383 e. The first kappa shape index (κ1) is 21.8. The standard InChI is InChI=1S/C22H21FN8O2/c1-22(2,3)16-9-17(30-33-16)29-21(32)28-15-5-4-12(8-14(15)23)13-10-31(7-6-24)20-18(13)19(25)26-11-27-20/h4-5,8-11H,7H2,1-3H3,(H2,25,26,27)(H2,28,29,30,32). The molecule has 0 radical (unpaired) electrons. The van der Waals surface area contributed by atoms with Crippen molar-refractivity contribution in [2.45, 2.75) is 32.7 Å². The molecule has 4 N–H and O–H groups in total. The molecule has 0 spiro atoms. The van der Waals surface area contributed by atoms with Crippen LogP contribution in [0.5, 0.6) is 0 Å². The Balaban J connectivity index is 1.57. The molecular formula is C22H21FN8O2. The van der Waals surface area contributed by atoms with Gasteiger partial charge in [-0.2, -0.15) is 5.26 Å². The molecule has 4 aromatic rings. The molecule has 2 amide bonds. The van der Waals surface area contributed by atoms with Gasteiger partial charge in [0, 0.05) is 23.2 Å². The van der Waals surface area contributed by atoms with Crippen molar-refractivity contribution in [3.63, 3.8) is 0 Å². The average Bonchev–Trinajstić information content (AvgIpc) is 3.36. The van der Waals surface area contributed by atoms with Crippen molar-refractivity contribution in [2.24, 2.45) is 0 Å². The molecule has 0 saturated carbocycles. The van der Waals surface area contributed by atoms with Crippen molar-refractivity contribution in [3.05, 3.63) is 48.4 Å². The van der Waals surface area contributed by atoms with Crippen molar-refractivity contribution < 1.29 is 13.7 Å². The van der Waals surface area contributed by atoms with E-state index in [4.69, 9.17) is 15.5 Å². The van der Waals surface area contributed by atoms with E-state index in [-0.39, 0.29) is 29.3 Å². The summed E-state index contributed by atoms with van der Waals surface area (Å²) in [4.78, 5) is 20.5. The summed E-state index contributed by atoms with van der Waals surface area (Å²) in [5, 5.41) is 18.4. The Bertz CT molecular complexity index is 1390. The van der Waals surface area contributed by atoms with Crippen molar-refractivity contribution in [1.29, 1.82) is 5.26 Å². The van der Waals surface area contributed by atoms with Gasteiger partial charge in [0.15, 0.2) is 5.82 Å². The van der Waals surface area contributed by atoms with Gasteiger partial charge in [-0.05, 0) is 17.7 Å². The van der Waals surface area contributed by atoms with Crippen LogP contribution in [0, 0.1) is 17.1 Å². The molecule has 0 saturated heterocycles. The molecular weight excluding hydrogens is 427 g/mol. The molecule has 0 fully saturated rings. The van der Waals surface area contributed by atoms with Crippen LogP contribution in [0.1, 0.15) is 26.5 Å². The molecule has 10 nitrogen and oxygen atoms in total. The van der Waals surface area contributed by atoms with Crippen LogP contribution in [-0.2, 0) is 12.0 Å². The lowest BCUT2D eigenvalue weighted by Crippen LogP contribution is -2.20. The molecule has 33 heavy (non-hydrogen) atoms. The first-order chi connectivity index (χ1) is 15.7. The number of hydrogen-bond acceptors (Lipinski definition) is 7. The Labute approximate surface area is 188 Å². The highest BCUT2D eigenvalue weighted by Crippen LogP contribution is 2.34. The Kier molecular flexibility index (Phi) is 5.43. The fraction of sp³-hybridized carbons (Fsp3) is 0.227. The quantitative estimate of drug-likeness (QED) is 0.422. The van der Waals surface area contributed by atoms with E-state index in [0.29, 0.717) is 27.9 Å². The summed E-state index contributed by atoms with van der Waals surface area (Å²) in [6, 6.07) is 7.33. The zero-order valence-corrected chi connectivity index (χ0v) is 18.2. The molecule has 0 unspecified atom stereocenters. The summed E-state index contributed by atoms with van der Waals surface area (Å²) >= 11 is 0. The molecule has 0 aliphatic carbocycles. The van der Waals surface area contributed by atoms with E-state index in [2.05, 4.69) is 31.8 Å². The molecule has 4 rings (SSSR count). The third kappa shape index (κ3) is 4.31. The van der Waals surface area contributed by atoms with Crippen molar-refractivity contribution in [1.82, 2.24) is 19.7 Å². The monoisotopic (exact) mass is 448 g/mol. The summed E-state index contributed by atoms with van der Waals surface area (Å²) in [6.07, 6.45) is 2.98. The van der Waals surface area contributed by atoms with Crippen LogP contribution in [0.2, 0.25) is 0 Å². The van der Waals surface area contributed by atoms with Crippen LogP contribution >= 0.6 is 0 Å². The third-order valence-electron chi connectivity index (χ3n) is 4.94. The second kappa shape index (κ2) is 8.23. The number of carbonyl (C=O) groups is 1. The minimum atomic E-state index is -0.668. The highest BCUT2D eigenvalue weighted by molar-refractivity contribution is 6.02. The lowest BCUT2D eigenvalue weighted by atomic mass is 9.93. The van der Waals surface area contributed by atoms with E-state index < -0.39 is 11.8 Å². The summed E-state index contributed by atoms with van der Waals surface area (Å²) in [6.45, 7) is 5.90. The molecule has 0 atom stereocenters. The molecule has 0 bridgehead atoms. The fourth-order valence-electron chi connectivity index (χ4n) is 3.30. The topological polar surface area (TPSA) is 148 Å². The highest BCUT2D eigenvalue weighted by Gasteiger charge is 2.21. The molecule has 3 aromatic heterocycles. The number of amides is 2. The normalized spacial score (nSPS) is 11.4. The number of hydrogen-bond donors (Lipinski definition) is 3. The Morgan fingerprint density at radius 2 is 2.06 bits per heavy atom. The molecule has 168 valence electrons. The number of nitrogens with zero attached hydrogens (tertiary/aromatic N) is 5. The van der Waals surface area contributed by atoms with Crippen molar-refractivity contribution in [3.8, 4) is 17.2 Å². The zero-order valence-electron chi connectivity index (χ0n) is 18.2. The highest BCUT2D eigenvalue weighted by atomic mass is 19.1. The number of carbonyl (C=O) groups excluding carboxylic acids is 1. The van der Waals surface area contributed by atoms with Gasteiger partial charge in [-0.15, -0.1) is 0 Å². The lowest BCUT2D eigenvalue weighted by molar-refractivity contribution is 0.261. The van der Waals surface area contributed by atoms with Crippen LogP contribution in [0.25, 0.3) is 22.2 Å². The predicted octanol–water partition coefficient (Wildman–Crippen LogP) is 4.27. The number of fused-ring (bicyclic) bond motifs is 1. The number of aromatic nitrogens is 4. The van der Waals surface area contributed by atoms with Gasteiger partial charge < -0.3 is 20.1 Å². The molecule has 0 aliphatic rings. The minimum absolute atomic E-state index is 0.0271. The lowest BCUT2D eigenvalue weighted by Gasteiger charge is -2.12. The molecule has 3 heterocycles. The van der Waals surface area contributed by atoms with Crippen molar-refractivity contribution in [2.75, 3.05) is 16.4 Å². The summed E-state index contributed by atoms with van der Waals surface area (Å²) in [7, 11) is 0. The second-order valence-corrected chi connectivity index (χ2v) is 8.39. The molecule has 0 aliphatic heterocycles. The number of nitrogen functional groups attached to an aromatic ring is 1. The van der Waals surface area contributed by atoms with Crippen LogP contribution < -0.4 is 16.4 Å². The minimum Gasteiger partial charge on any atom is -0.383 e. The Morgan fingerprint density at radius 1 is 1.27 bits per heavy atom. The van der Waals surface area contributed by atoms with Crippen molar-refractivity contribution >= 4 is 34.4 Å². The number of nitrogens with one attached hydrogen (secondary N) is 2. The Hall–Kier alpha value is -4.46. The van der Waals surface area contributed by atoms with Gasteiger partial charge in [0.2, 0.25) is 0 Å².